The van der Waals surface area contributed by atoms with E-state index in [4.69, 9.17) is 5.11 Å². The van der Waals surface area contributed by atoms with Crippen LogP contribution in [-0.2, 0) is 9.59 Å². The molecule has 1 unspecified atom stereocenters. The van der Waals surface area contributed by atoms with Crippen LogP contribution in [0.4, 0.5) is 0 Å². The number of amides is 2. The van der Waals surface area contributed by atoms with Gasteiger partial charge in [-0.25, -0.2) is 4.79 Å². The molecule has 0 aliphatic heterocycles. The van der Waals surface area contributed by atoms with Crippen molar-refractivity contribution in [2.45, 2.75) is 19.4 Å². The Morgan fingerprint density at radius 3 is 2.74 bits per heavy atom. The number of aromatic amines is 1. The van der Waals surface area contributed by atoms with E-state index in [0.29, 0.717) is 5.39 Å². The summed E-state index contributed by atoms with van der Waals surface area (Å²) in [6, 6.07) is 6.32. The Balaban J connectivity index is 1.90. The molecule has 0 bridgehead atoms. The van der Waals surface area contributed by atoms with E-state index in [1.807, 2.05) is 12.1 Å². The van der Waals surface area contributed by atoms with Crippen LogP contribution in [0.2, 0.25) is 0 Å². The summed E-state index contributed by atoms with van der Waals surface area (Å²) in [5, 5.41) is 18.9. The molecule has 0 radical (unpaired) electrons. The number of carbonyl (C=O) groups excluding carboxylic acids is 2. The topological polar surface area (TPSA) is 115 Å². The van der Waals surface area contributed by atoms with Crippen LogP contribution in [0.1, 0.15) is 23.8 Å². The van der Waals surface area contributed by atoms with Crippen LogP contribution in [0.5, 0.6) is 0 Å². The Labute approximate surface area is 132 Å². The summed E-state index contributed by atoms with van der Waals surface area (Å²) in [4.78, 5) is 35.9. The molecule has 0 saturated carbocycles. The molecule has 23 heavy (non-hydrogen) atoms. The highest BCUT2D eigenvalue weighted by Gasteiger charge is 2.21. The van der Waals surface area contributed by atoms with Crippen molar-refractivity contribution in [3.8, 4) is 0 Å². The number of H-pyrrole nitrogens is 1. The third kappa shape index (κ3) is 3.65. The molecule has 0 aliphatic rings. The second-order valence-corrected chi connectivity index (χ2v) is 5.14. The number of fused-ring (bicyclic) bond motifs is 1. The van der Waals surface area contributed by atoms with E-state index < -0.39 is 12.0 Å². The summed E-state index contributed by atoms with van der Waals surface area (Å²) in [5.41, 5.74) is 1.02. The predicted octanol–water partition coefficient (Wildman–Crippen LogP) is 0.614. The van der Waals surface area contributed by atoms with Gasteiger partial charge in [0.15, 0.2) is 5.69 Å². The zero-order valence-corrected chi connectivity index (χ0v) is 12.9. The summed E-state index contributed by atoms with van der Waals surface area (Å²) in [5.74, 6) is -1.82. The van der Waals surface area contributed by atoms with Gasteiger partial charge in [-0.3, -0.25) is 14.7 Å². The van der Waals surface area contributed by atoms with Crippen molar-refractivity contribution in [3.05, 3.63) is 30.0 Å². The Morgan fingerprint density at radius 1 is 1.35 bits per heavy atom. The van der Waals surface area contributed by atoms with E-state index in [2.05, 4.69) is 15.5 Å². The number of rotatable bonds is 6. The van der Waals surface area contributed by atoms with Gasteiger partial charge in [-0.15, -0.1) is 0 Å². The minimum atomic E-state index is -1.08. The average Bonchev–Trinajstić information content (AvgIpc) is 2.97. The largest absolute Gasteiger partial charge is 0.480 e. The van der Waals surface area contributed by atoms with Crippen LogP contribution in [0.15, 0.2) is 24.3 Å². The van der Waals surface area contributed by atoms with Crippen molar-refractivity contribution < 1.29 is 19.5 Å². The monoisotopic (exact) mass is 318 g/mol. The number of carboxylic acids is 1. The summed E-state index contributed by atoms with van der Waals surface area (Å²) in [6.07, 6.45) is 0.0161. The van der Waals surface area contributed by atoms with Gasteiger partial charge < -0.3 is 15.3 Å². The number of hydrogen-bond donors (Lipinski definition) is 3. The number of carboxylic acid groups (broad SMARTS) is 1. The lowest BCUT2D eigenvalue weighted by Gasteiger charge is -2.21. The second kappa shape index (κ2) is 6.91. The first-order chi connectivity index (χ1) is 10.9. The Bertz CT molecular complexity index is 740. The van der Waals surface area contributed by atoms with Crippen molar-refractivity contribution >= 4 is 28.7 Å². The highest BCUT2D eigenvalue weighted by Crippen LogP contribution is 2.14. The quantitative estimate of drug-likeness (QED) is 0.722. The summed E-state index contributed by atoms with van der Waals surface area (Å²) in [7, 11) is 1.42. The van der Waals surface area contributed by atoms with Crippen molar-refractivity contribution in [1.82, 2.24) is 20.4 Å². The smallest absolute Gasteiger partial charge is 0.326 e. The minimum Gasteiger partial charge on any atom is -0.480 e. The maximum atomic E-state index is 12.1. The van der Waals surface area contributed by atoms with Crippen molar-refractivity contribution in [2.24, 2.45) is 0 Å². The summed E-state index contributed by atoms with van der Waals surface area (Å²) < 4.78 is 0. The zero-order chi connectivity index (χ0) is 17.0. The molecule has 1 aromatic carbocycles. The first kappa shape index (κ1) is 16.5. The standard InChI is InChI=1S/C15H18N4O4/c1-9(15(22)23)19(2)12(20)7-8-16-14(21)13-10-5-3-4-6-11(10)17-18-13/h3-6,9H,7-8H2,1-2H3,(H,16,21)(H,17,18)(H,22,23). The van der Waals surface area contributed by atoms with Gasteiger partial charge in [0, 0.05) is 25.4 Å². The molecule has 1 heterocycles. The molecule has 122 valence electrons. The first-order valence-corrected chi connectivity index (χ1v) is 7.11. The highest BCUT2D eigenvalue weighted by molar-refractivity contribution is 6.04. The number of aliphatic carboxylic acids is 1. The molecule has 0 spiro atoms. The fourth-order valence-electron chi connectivity index (χ4n) is 2.06. The van der Waals surface area contributed by atoms with Crippen LogP contribution in [0, 0.1) is 0 Å². The molecule has 3 N–H and O–H groups in total. The van der Waals surface area contributed by atoms with Crippen LogP contribution in [-0.4, -0.2) is 57.6 Å². The molecule has 0 aliphatic carbocycles. The molecule has 2 aromatic rings. The molecule has 2 rings (SSSR count). The molecule has 1 atom stereocenters. The number of likely N-dealkylation sites (N-methyl/N-ethyl adjacent to an activating group) is 1. The van der Waals surface area contributed by atoms with Gasteiger partial charge >= 0.3 is 5.97 Å². The molecule has 8 heteroatoms. The van der Waals surface area contributed by atoms with Gasteiger partial charge in [-0.05, 0) is 13.0 Å². The normalized spacial score (nSPS) is 11.9. The summed E-state index contributed by atoms with van der Waals surface area (Å²) >= 11 is 0. The summed E-state index contributed by atoms with van der Waals surface area (Å²) in [6.45, 7) is 1.53. The van der Waals surface area contributed by atoms with Gasteiger partial charge in [0.1, 0.15) is 6.04 Å². The fourth-order valence-corrected chi connectivity index (χ4v) is 2.06. The average molecular weight is 318 g/mol. The van der Waals surface area contributed by atoms with Gasteiger partial charge in [0.2, 0.25) is 5.91 Å². The van der Waals surface area contributed by atoms with Crippen molar-refractivity contribution in [2.75, 3.05) is 13.6 Å². The van der Waals surface area contributed by atoms with Crippen LogP contribution in [0.25, 0.3) is 10.9 Å². The van der Waals surface area contributed by atoms with Gasteiger partial charge in [-0.1, -0.05) is 18.2 Å². The molecular weight excluding hydrogens is 300 g/mol. The Hall–Kier alpha value is -2.90. The third-order valence-electron chi connectivity index (χ3n) is 3.64. The van der Waals surface area contributed by atoms with Crippen LogP contribution in [0.3, 0.4) is 0 Å². The van der Waals surface area contributed by atoms with E-state index in [0.717, 1.165) is 10.4 Å². The number of carbonyl (C=O) groups is 3. The molecule has 8 nitrogen and oxygen atoms in total. The van der Waals surface area contributed by atoms with Crippen molar-refractivity contribution in [3.63, 3.8) is 0 Å². The number of benzene rings is 1. The lowest BCUT2D eigenvalue weighted by molar-refractivity contribution is -0.148. The van der Waals surface area contributed by atoms with Gasteiger partial charge in [0.25, 0.3) is 5.91 Å². The van der Waals surface area contributed by atoms with Gasteiger partial charge in [0.05, 0.1) is 5.52 Å². The lowest BCUT2D eigenvalue weighted by Crippen LogP contribution is -2.41. The second-order valence-electron chi connectivity index (χ2n) is 5.14. The number of para-hydroxylation sites is 1. The highest BCUT2D eigenvalue weighted by atomic mass is 16.4. The van der Waals surface area contributed by atoms with E-state index >= 15 is 0 Å². The maximum Gasteiger partial charge on any atom is 0.326 e. The first-order valence-electron chi connectivity index (χ1n) is 7.11. The maximum absolute atomic E-state index is 12.1. The van der Waals surface area contributed by atoms with E-state index in [-0.39, 0.29) is 30.5 Å². The Morgan fingerprint density at radius 2 is 2.04 bits per heavy atom. The van der Waals surface area contributed by atoms with E-state index in [9.17, 15) is 14.4 Å². The zero-order valence-electron chi connectivity index (χ0n) is 12.9. The number of hydrogen-bond acceptors (Lipinski definition) is 4. The molecule has 1 aromatic heterocycles. The molecule has 2 amide bonds. The lowest BCUT2D eigenvalue weighted by atomic mass is 10.2. The minimum absolute atomic E-state index is 0.0161. The number of aromatic nitrogens is 2. The number of nitrogens with one attached hydrogen (secondary N) is 2. The Kier molecular flexibility index (Phi) is 4.95. The number of nitrogens with zero attached hydrogens (tertiary/aromatic N) is 2. The van der Waals surface area contributed by atoms with E-state index in [1.54, 1.807) is 12.1 Å². The third-order valence-corrected chi connectivity index (χ3v) is 3.64. The van der Waals surface area contributed by atoms with Crippen LogP contribution >= 0.6 is 0 Å². The molecule has 0 saturated heterocycles. The fraction of sp³-hybridized carbons (Fsp3) is 0.333. The molecule has 0 fully saturated rings. The SMILES string of the molecule is CC(C(=O)O)N(C)C(=O)CCNC(=O)c1n[nH]c2ccccc12. The molecular formula is C15H18N4O4. The predicted molar refractivity (Wildman–Crippen MR) is 82.9 cm³/mol. The van der Waals surface area contributed by atoms with Crippen molar-refractivity contribution in [1.29, 1.82) is 0 Å². The van der Waals surface area contributed by atoms with Gasteiger partial charge in [-0.2, -0.15) is 5.10 Å². The van der Waals surface area contributed by atoms with Crippen LogP contribution < -0.4 is 5.32 Å². The van der Waals surface area contributed by atoms with E-state index in [1.165, 1.54) is 14.0 Å².